The van der Waals surface area contributed by atoms with Gasteiger partial charge in [-0.3, -0.25) is 9.59 Å². The van der Waals surface area contributed by atoms with Crippen molar-refractivity contribution in [2.24, 2.45) is 0 Å². The molecule has 0 saturated heterocycles. The average molecular weight is 365 g/mol. The number of fused-ring (bicyclic) bond motifs is 1. The summed E-state index contributed by atoms with van der Waals surface area (Å²) >= 11 is 0. The largest absolute Gasteiger partial charge is 0.459 e. The Labute approximate surface area is 155 Å². The number of nitrogens with zero attached hydrogens (tertiary/aromatic N) is 1. The third-order valence-corrected chi connectivity index (χ3v) is 3.85. The van der Waals surface area contributed by atoms with Gasteiger partial charge < -0.3 is 10.1 Å². The molecule has 0 atom stereocenters. The highest BCUT2D eigenvalue weighted by atomic mass is 16.5. The van der Waals surface area contributed by atoms with Gasteiger partial charge in [-0.05, 0) is 44.2 Å². The van der Waals surface area contributed by atoms with Crippen molar-refractivity contribution in [1.82, 2.24) is 10.2 Å². The van der Waals surface area contributed by atoms with Crippen molar-refractivity contribution in [3.8, 4) is 0 Å². The van der Waals surface area contributed by atoms with Crippen molar-refractivity contribution in [2.45, 2.75) is 26.4 Å². The molecule has 27 heavy (non-hydrogen) atoms. The van der Waals surface area contributed by atoms with Crippen LogP contribution in [0.1, 0.15) is 29.9 Å². The Bertz CT molecular complexity index is 1040. The Hall–Kier alpha value is -3.48. The number of H-pyrrole nitrogens is 1. The van der Waals surface area contributed by atoms with Gasteiger partial charge in [0.15, 0.2) is 0 Å². The summed E-state index contributed by atoms with van der Waals surface area (Å²) in [5.74, 6) is -0.691. The summed E-state index contributed by atoms with van der Waals surface area (Å²) in [6, 6.07) is 13.4. The molecule has 0 aliphatic rings. The van der Waals surface area contributed by atoms with Crippen LogP contribution in [0.4, 0.5) is 5.69 Å². The molecule has 138 valence electrons. The number of benzene rings is 2. The summed E-state index contributed by atoms with van der Waals surface area (Å²) in [4.78, 5) is 36.0. The summed E-state index contributed by atoms with van der Waals surface area (Å²) in [5, 5.41) is 10.3. The number of anilines is 1. The van der Waals surface area contributed by atoms with E-state index >= 15 is 0 Å². The highest BCUT2D eigenvalue weighted by molar-refractivity contribution is 5.96. The van der Waals surface area contributed by atoms with Crippen molar-refractivity contribution in [3.05, 3.63) is 70.1 Å². The Morgan fingerprint density at radius 1 is 1.07 bits per heavy atom. The van der Waals surface area contributed by atoms with Crippen LogP contribution in [0.15, 0.2) is 53.3 Å². The summed E-state index contributed by atoms with van der Waals surface area (Å²) < 4.78 is 5.12. The van der Waals surface area contributed by atoms with E-state index in [1.54, 1.807) is 62.4 Å². The number of esters is 1. The average Bonchev–Trinajstić information content (AvgIpc) is 2.64. The van der Waals surface area contributed by atoms with E-state index in [1.165, 1.54) is 0 Å². The standard InChI is InChI=1S/C20H19N3O4/c1-12(2)27-20(26)13-7-9-14(10-8-13)21-18(24)11-17-15-5-3-4-6-16(15)19(25)23-22-17/h3-10,12H,11H2,1-2H3,(H,21,24)(H,23,25). The summed E-state index contributed by atoms with van der Waals surface area (Å²) in [6.07, 6.45) is -0.189. The number of aromatic nitrogens is 2. The van der Waals surface area contributed by atoms with Gasteiger partial charge in [-0.15, -0.1) is 0 Å². The highest BCUT2D eigenvalue weighted by Crippen LogP contribution is 2.15. The summed E-state index contributed by atoms with van der Waals surface area (Å²) in [7, 11) is 0. The summed E-state index contributed by atoms with van der Waals surface area (Å²) in [6.45, 7) is 3.56. The Kier molecular flexibility index (Phi) is 5.30. The lowest BCUT2D eigenvalue weighted by Crippen LogP contribution is -2.18. The van der Waals surface area contributed by atoms with E-state index in [9.17, 15) is 14.4 Å². The molecule has 3 aromatic rings. The zero-order valence-electron chi connectivity index (χ0n) is 15.0. The van der Waals surface area contributed by atoms with E-state index in [1.807, 2.05) is 0 Å². The van der Waals surface area contributed by atoms with E-state index in [4.69, 9.17) is 4.74 Å². The van der Waals surface area contributed by atoms with Crippen molar-refractivity contribution >= 4 is 28.3 Å². The van der Waals surface area contributed by atoms with Crippen LogP contribution in [-0.4, -0.2) is 28.2 Å². The second-order valence-electron chi connectivity index (χ2n) is 6.30. The van der Waals surface area contributed by atoms with Crippen molar-refractivity contribution in [3.63, 3.8) is 0 Å². The quantitative estimate of drug-likeness (QED) is 0.677. The lowest BCUT2D eigenvalue weighted by molar-refractivity contribution is -0.115. The molecule has 1 aromatic heterocycles. The fourth-order valence-electron chi connectivity index (χ4n) is 2.64. The number of hydrogen-bond acceptors (Lipinski definition) is 5. The van der Waals surface area contributed by atoms with Gasteiger partial charge in [-0.1, -0.05) is 18.2 Å². The predicted octanol–water partition coefficient (Wildman–Crippen LogP) is 2.67. The second kappa shape index (κ2) is 7.82. The van der Waals surface area contributed by atoms with Crippen LogP contribution < -0.4 is 10.9 Å². The molecule has 0 bridgehead atoms. The monoisotopic (exact) mass is 365 g/mol. The molecule has 0 aliphatic carbocycles. The maximum absolute atomic E-state index is 12.3. The van der Waals surface area contributed by atoms with Gasteiger partial charge in [-0.2, -0.15) is 5.10 Å². The summed E-state index contributed by atoms with van der Waals surface area (Å²) in [5.41, 5.74) is 1.16. The van der Waals surface area contributed by atoms with Crippen molar-refractivity contribution < 1.29 is 14.3 Å². The van der Waals surface area contributed by atoms with E-state index in [-0.39, 0.29) is 24.0 Å². The smallest absolute Gasteiger partial charge is 0.338 e. The van der Waals surface area contributed by atoms with Gasteiger partial charge in [0.1, 0.15) is 0 Å². The van der Waals surface area contributed by atoms with Crippen LogP contribution in [0.2, 0.25) is 0 Å². The minimum absolute atomic E-state index is 0.00837. The number of carbonyl (C=O) groups is 2. The Morgan fingerprint density at radius 2 is 1.74 bits per heavy atom. The molecular weight excluding hydrogens is 346 g/mol. The van der Waals surface area contributed by atoms with Gasteiger partial charge in [-0.25, -0.2) is 9.89 Å². The fraction of sp³-hybridized carbons (Fsp3) is 0.200. The van der Waals surface area contributed by atoms with Gasteiger partial charge in [0.2, 0.25) is 5.91 Å². The number of ether oxygens (including phenoxy) is 1. The SMILES string of the molecule is CC(C)OC(=O)c1ccc(NC(=O)Cc2n[nH]c(=O)c3ccccc23)cc1. The first-order chi connectivity index (χ1) is 12.9. The molecule has 0 saturated carbocycles. The number of amides is 1. The Morgan fingerprint density at radius 3 is 2.41 bits per heavy atom. The molecule has 7 heteroatoms. The minimum atomic E-state index is -0.410. The molecule has 0 unspecified atom stereocenters. The first-order valence-electron chi connectivity index (χ1n) is 8.51. The number of rotatable bonds is 5. The van der Waals surface area contributed by atoms with E-state index in [2.05, 4.69) is 15.5 Å². The van der Waals surface area contributed by atoms with Crippen LogP contribution in [-0.2, 0) is 16.0 Å². The lowest BCUT2D eigenvalue weighted by Gasteiger charge is -2.09. The topological polar surface area (TPSA) is 101 Å². The van der Waals surface area contributed by atoms with Crippen LogP contribution in [0.5, 0.6) is 0 Å². The normalized spacial score (nSPS) is 10.8. The molecule has 3 rings (SSSR count). The van der Waals surface area contributed by atoms with Gasteiger partial charge in [0, 0.05) is 11.1 Å². The molecule has 2 aromatic carbocycles. The van der Waals surface area contributed by atoms with Crippen molar-refractivity contribution in [1.29, 1.82) is 0 Å². The van der Waals surface area contributed by atoms with E-state index in [0.29, 0.717) is 27.7 Å². The van der Waals surface area contributed by atoms with Crippen molar-refractivity contribution in [2.75, 3.05) is 5.32 Å². The van der Waals surface area contributed by atoms with Gasteiger partial charge >= 0.3 is 5.97 Å². The second-order valence-corrected chi connectivity index (χ2v) is 6.30. The van der Waals surface area contributed by atoms with Crippen LogP contribution in [0, 0.1) is 0 Å². The Balaban J connectivity index is 1.71. The number of hydrogen-bond donors (Lipinski definition) is 2. The molecule has 2 N–H and O–H groups in total. The van der Waals surface area contributed by atoms with Crippen LogP contribution in [0.25, 0.3) is 10.8 Å². The van der Waals surface area contributed by atoms with Gasteiger partial charge in [0.05, 0.1) is 29.2 Å². The zero-order chi connectivity index (χ0) is 19.4. The van der Waals surface area contributed by atoms with Gasteiger partial charge in [0.25, 0.3) is 5.56 Å². The lowest BCUT2D eigenvalue weighted by atomic mass is 10.1. The number of carbonyl (C=O) groups excluding carboxylic acids is 2. The maximum Gasteiger partial charge on any atom is 0.338 e. The molecule has 7 nitrogen and oxygen atoms in total. The maximum atomic E-state index is 12.3. The molecular formula is C20H19N3O4. The fourth-order valence-corrected chi connectivity index (χ4v) is 2.64. The molecule has 0 aliphatic heterocycles. The number of aromatic amines is 1. The number of nitrogens with one attached hydrogen (secondary N) is 2. The van der Waals surface area contributed by atoms with Crippen LogP contribution in [0.3, 0.4) is 0 Å². The van der Waals surface area contributed by atoms with Crippen LogP contribution >= 0.6 is 0 Å². The first kappa shape index (κ1) is 18.3. The molecule has 0 fully saturated rings. The third-order valence-electron chi connectivity index (χ3n) is 3.85. The van der Waals surface area contributed by atoms with E-state index < -0.39 is 5.97 Å². The molecule has 1 amide bonds. The molecule has 0 radical (unpaired) electrons. The first-order valence-corrected chi connectivity index (χ1v) is 8.51. The van der Waals surface area contributed by atoms with E-state index in [0.717, 1.165) is 0 Å². The molecule has 0 spiro atoms. The third kappa shape index (κ3) is 4.38. The predicted molar refractivity (Wildman–Crippen MR) is 102 cm³/mol. The highest BCUT2D eigenvalue weighted by Gasteiger charge is 2.12. The zero-order valence-corrected chi connectivity index (χ0v) is 15.0. The molecule has 1 heterocycles. The minimum Gasteiger partial charge on any atom is -0.459 e.